The second-order valence-corrected chi connectivity index (χ2v) is 29.9. The molecule has 0 saturated heterocycles. The maximum absolute atomic E-state index is 4.98. The molecule has 0 fully saturated rings. The molecule has 104 heavy (non-hydrogen) atoms. The predicted molar refractivity (Wildman–Crippen MR) is 415 cm³/mol. The van der Waals surface area contributed by atoms with Crippen molar-refractivity contribution in [3.8, 4) is 23.3 Å². The van der Waals surface area contributed by atoms with Crippen molar-refractivity contribution in [1.29, 1.82) is 0 Å². The molecule has 22 rings (SSSR count). The Morgan fingerprint density at radius 3 is 0.721 bits per heavy atom. The van der Waals surface area contributed by atoms with Gasteiger partial charge in [-0.15, -0.1) is 70.1 Å². The van der Waals surface area contributed by atoms with E-state index in [1.165, 1.54) is 88.1 Å². The Bertz CT molecular complexity index is 5910. The van der Waals surface area contributed by atoms with Gasteiger partial charge >= 0.3 is 41.5 Å². The molecule has 0 unspecified atom stereocenters. The first kappa shape index (κ1) is 63.8. The quantitative estimate of drug-likeness (QED) is 0.122. The zero-order valence-corrected chi connectivity index (χ0v) is 62.2. The van der Waals surface area contributed by atoms with Gasteiger partial charge < -0.3 is 28.1 Å². The van der Waals surface area contributed by atoms with Crippen molar-refractivity contribution in [1.82, 2.24) is 38.2 Å². The number of aromatic nitrogens is 8. The van der Waals surface area contributed by atoms with Crippen molar-refractivity contribution in [2.75, 3.05) is 9.80 Å². The Balaban J connectivity index is 0.000000140. The molecule has 10 nitrogen and oxygen atoms in total. The molecule has 0 atom stereocenters. The van der Waals surface area contributed by atoms with Crippen molar-refractivity contribution in [3.05, 3.63) is 324 Å². The second kappa shape index (κ2) is 22.7. The number of para-hydroxylation sites is 6. The van der Waals surface area contributed by atoms with Gasteiger partial charge in [-0.1, -0.05) is 234 Å². The number of pyridine rings is 4. The third kappa shape index (κ3) is 8.57. The van der Waals surface area contributed by atoms with Crippen LogP contribution in [0.4, 0.5) is 34.1 Å². The molecule has 0 saturated carbocycles. The van der Waals surface area contributed by atoms with E-state index in [1.54, 1.807) is 0 Å². The number of benzene rings is 10. The number of nitrogens with zero attached hydrogens (tertiary/aromatic N) is 10. The van der Waals surface area contributed by atoms with Gasteiger partial charge in [0.15, 0.2) is 0 Å². The van der Waals surface area contributed by atoms with Crippen molar-refractivity contribution >= 4 is 121 Å². The van der Waals surface area contributed by atoms with Crippen LogP contribution in [0.15, 0.2) is 255 Å². The molecular formula is C92H66N10PdPt. The summed E-state index contributed by atoms with van der Waals surface area (Å²) in [7, 11) is 0. The molecule has 10 aromatic carbocycles. The molecule has 18 aromatic rings. The van der Waals surface area contributed by atoms with Gasteiger partial charge in [-0.3, -0.25) is 0 Å². The summed E-state index contributed by atoms with van der Waals surface area (Å²) in [5.41, 5.74) is 24.0. The Morgan fingerprint density at radius 2 is 0.481 bits per heavy atom. The van der Waals surface area contributed by atoms with Gasteiger partial charge in [-0.2, -0.15) is 24.3 Å². The smallest absolute Gasteiger partial charge is 0.358 e. The molecule has 4 aliphatic heterocycles. The SMILES string of the molecule is CC1(C)c2cccnc2-n2c3[c-]c(N(c4[c-]c5c(cc4)c4cccc6c4n5-c4ncccc4C6(C)C)c4ccccc4)ccc3c3cccc1c32.CC1(C)c2cccnc2-n2c3[c-]c(N(c4[c-]c5c(cc4)c4cccc6c4n5-c4ncccc4C6(C)C)c4ccccc4)ccc3c3cccc1c32.[Pd+2].[Pt+2]. The van der Waals surface area contributed by atoms with E-state index >= 15 is 0 Å². The summed E-state index contributed by atoms with van der Waals surface area (Å²) < 4.78 is 9.32. The predicted octanol–water partition coefficient (Wildman–Crippen LogP) is 22.0. The molecule has 4 aliphatic rings. The number of fused-ring (bicyclic) bond motifs is 20. The first-order valence-electron chi connectivity index (χ1n) is 35.2. The molecule has 12 heteroatoms. The zero-order valence-electron chi connectivity index (χ0n) is 58.4. The summed E-state index contributed by atoms with van der Waals surface area (Å²) in [6.07, 6.45) is 7.60. The maximum atomic E-state index is 4.98. The van der Waals surface area contributed by atoms with E-state index in [-0.39, 0.29) is 63.1 Å². The van der Waals surface area contributed by atoms with E-state index in [2.05, 4.69) is 314 Å². The third-order valence-corrected chi connectivity index (χ3v) is 23.1. The Labute approximate surface area is 630 Å². The van der Waals surface area contributed by atoms with E-state index in [4.69, 9.17) is 19.9 Å². The van der Waals surface area contributed by atoms with E-state index in [1.807, 2.05) is 49.1 Å². The molecule has 0 N–H and O–H groups in total. The van der Waals surface area contributed by atoms with Crippen molar-refractivity contribution in [3.63, 3.8) is 0 Å². The summed E-state index contributed by atoms with van der Waals surface area (Å²) >= 11 is 0. The molecule has 0 bridgehead atoms. The van der Waals surface area contributed by atoms with Crippen LogP contribution in [-0.2, 0) is 63.1 Å². The van der Waals surface area contributed by atoms with Gasteiger partial charge in [-0.05, 0) is 92.3 Å². The standard InChI is InChI=1S/2C46H33N5.Pd.Pt/c2*1-45(2)35-16-8-14-33-31-22-20-29(26-39(31)50(41(33)35)43-37(45)18-10-24-47-43)49(28-12-6-5-7-13-28)30-21-23-32-34-15-9-17-36-42(34)51(40(32)27-30)44-38(46(36,3)4)19-11-25-48-44;;/h2*5-25H,1-4H3;;/q2*-2;2*+2. The second-order valence-electron chi connectivity index (χ2n) is 29.9. The fourth-order valence-electron chi connectivity index (χ4n) is 18.1. The van der Waals surface area contributed by atoms with Crippen LogP contribution in [0.25, 0.3) is 110 Å². The average Bonchev–Trinajstić information content (AvgIpc) is 1.52. The van der Waals surface area contributed by atoms with Crippen molar-refractivity contribution in [2.24, 2.45) is 0 Å². The fraction of sp³-hybridized carbons (Fsp3) is 0.130. The van der Waals surface area contributed by atoms with E-state index < -0.39 is 0 Å². The summed E-state index contributed by atoms with van der Waals surface area (Å²) in [5.74, 6) is 3.88. The molecule has 12 heterocycles. The van der Waals surface area contributed by atoms with Crippen LogP contribution >= 0.6 is 0 Å². The fourth-order valence-corrected chi connectivity index (χ4v) is 18.1. The topological polar surface area (TPSA) is 77.8 Å². The van der Waals surface area contributed by atoms with Crippen LogP contribution in [0.1, 0.15) is 99.9 Å². The minimum absolute atomic E-state index is 0. The average molecular weight is 1610 g/mol. The van der Waals surface area contributed by atoms with Gasteiger partial charge in [0.1, 0.15) is 23.3 Å². The van der Waals surface area contributed by atoms with Crippen LogP contribution in [0.2, 0.25) is 0 Å². The molecule has 504 valence electrons. The van der Waals surface area contributed by atoms with E-state index in [0.717, 1.165) is 101 Å². The molecule has 0 radical (unpaired) electrons. The molecular weight excluding hydrogens is 1550 g/mol. The van der Waals surface area contributed by atoms with Gasteiger partial charge in [0.2, 0.25) is 0 Å². The first-order valence-corrected chi connectivity index (χ1v) is 35.2. The number of rotatable bonds is 6. The molecule has 0 amide bonds. The maximum Gasteiger partial charge on any atom is 2.00 e. The van der Waals surface area contributed by atoms with Crippen molar-refractivity contribution < 1.29 is 41.5 Å². The minimum atomic E-state index is -0.180. The third-order valence-electron chi connectivity index (χ3n) is 23.1. The van der Waals surface area contributed by atoms with Gasteiger partial charge in [0.05, 0.1) is 0 Å². The monoisotopic (exact) mass is 1610 g/mol. The van der Waals surface area contributed by atoms with Crippen LogP contribution < -0.4 is 9.80 Å². The Hall–Kier alpha value is -11.0. The largest absolute Gasteiger partial charge is 2.00 e. The van der Waals surface area contributed by atoms with Crippen LogP contribution in [0, 0.1) is 24.3 Å². The van der Waals surface area contributed by atoms with Gasteiger partial charge in [-0.25, -0.2) is 19.9 Å². The van der Waals surface area contributed by atoms with Crippen LogP contribution in [0.3, 0.4) is 0 Å². The van der Waals surface area contributed by atoms with Crippen molar-refractivity contribution in [2.45, 2.75) is 77.0 Å². The number of hydrogen-bond acceptors (Lipinski definition) is 6. The summed E-state index contributed by atoms with van der Waals surface area (Å²) in [5, 5.41) is 9.54. The van der Waals surface area contributed by atoms with E-state index in [0.29, 0.717) is 0 Å². The van der Waals surface area contributed by atoms with Gasteiger partial charge in [0.25, 0.3) is 0 Å². The van der Waals surface area contributed by atoms with Crippen LogP contribution in [-0.4, -0.2) is 38.2 Å². The van der Waals surface area contributed by atoms with E-state index in [9.17, 15) is 0 Å². The zero-order chi connectivity index (χ0) is 68.4. The van der Waals surface area contributed by atoms with Gasteiger partial charge in [0, 0.05) is 102 Å². The summed E-state index contributed by atoms with van der Waals surface area (Å²) in [6, 6.07) is 98.4. The minimum Gasteiger partial charge on any atom is -0.358 e. The molecule has 8 aromatic heterocycles. The summed E-state index contributed by atoms with van der Waals surface area (Å²) in [4.78, 5) is 24.5. The Kier molecular flexibility index (Phi) is 13.9. The van der Waals surface area contributed by atoms with Crippen LogP contribution in [0.5, 0.6) is 0 Å². The number of anilines is 6. The first-order chi connectivity index (χ1) is 49.7. The molecule has 0 spiro atoms. The Morgan fingerprint density at radius 1 is 0.250 bits per heavy atom. The normalized spacial score (nSPS) is 14.7. The number of hydrogen-bond donors (Lipinski definition) is 0. The summed E-state index contributed by atoms with van der Waals surface area (Å²) in [6.45, 7) is 18.4. The molecule has 0 aliphatic carbocycles.